The predicted octanol–water partition coefficient (Wildman–Crippen LogP) is 0.628. The van der Waals surface area contributed by atoms with E-state index in [1.807, 2.05) is 18.2 Å². The molecule has 15 heavy (non-hydrogen) atoms. The summed E-state index contributed by atoms with van der Waals surface area (Å²) in [6, 6.07) is 5.59. The highest BCUT2D eigenvalue weighted by molar-refractivity contribution is 9.10. The first kappa shape index (κ1) is 16.9. The molecule has 0 aliphatic carbocycles. The summed E-state index contributed by atoms with van der Waals surface area (Å²) in [6.07, 6.45) is 0. The summed E-state index contributed by atoms with van der Waals surface area (Å²) < 4.78 is 6.47. The van der Waals surface area contributed by atoms with Gasteiger partial charge in [-0.05, 0) is 18.1 Å². The molecule has 1 aromatic rings. The van der Waals surface area contributed by atoms with E-state index < -0.39 is 0 Å². The van der Waals surface area contributed by atoms with Crippen molar-refractivity contribution in [3.05, 3.63) is 22.7 Å². The second-order valence-electron chi connectivity index (χ2n) is 3.43. The minimum absolute atomic E-state index is 0. The SMILES string of the molecule is O.O.[B]c1cc(Br)cc(OCC(C)C)c1. The Labute approximate surface area is 100.0 Å². The first-order valence-electron chi connectivity index (χ1n) is 4.27. The van der Waals surface area contributed by atoms with Gasteiger partial charge in [0.25, 0.3) is 0 Å². The number of halogens is 1. The molecule has 4 N–H and O–H groups in total. The molecule has 0 spiro atoms. The maximum atomic E-state index is 5.66. The fourth-order valence-corrected chi connectivity index (χ4v) is 1.42. The van der Waals surface area contributed by atoms with E-state index in [4.69, 9.17) is 12.6 Å². The fourth-order valence-electron chi connectivity index (χ4n) is 0.931. The Morgan fingerprint density at radius 2 is 1.87 bits per heavy atom. The lowest BCUT2D eigenvalue weighted by Crippen LogP contribution is -2.07. The van der Waals surface area contributed by atoms with Gasteiger partial charge in [-0.1, -0.05) is 41.3 Å². The number of benzene rings is 1. The van der Waals surface area contributed by atoms with Gasteiger partial charge in [0.05, 0.1) is 6.61 Å². The topological polar surface area (TPSA) is 72.2 Å². The minimum atomic E-state index is 0. The van der Waals surface area contributed by atoms with Gasteiger partial charge < -0.3 is 15.7 Å². The second kappa shape index (κ2) is 7.73. The Morgan fingerprint density at radius 3 is 2.33 bits per heavy atom. The van der Waals surface area contributed by atoms with Crippen molar-refractivity contribution in [3.8, 4) is 5.75 Å². The maximum absolute atomic E-state index is 5.66. The molecule has 0 amide bonds. The zero-order valence-corrected chi connectivity index (χ0v) is 10.5. The van der Waals surface area contributed by atoms with Gasteiger partial charge in [-0.25, -0.2) is 0 Å². The quantitative estimate of drug-likeness (QED) is 0.745. The van der Waals surface area contributed by atoms with E-state index in [0.717, 1.165) is 16.8 Å². The molecule has 84 valence electrons. The Balaban J connectivity index is 0. The van der Waals surface area contributed by atoms with Gasteiger partial charge in [0.2, 0.25) is 0 Å². The monoisotopic (exact) mass is 274 g/mol. The van der Waals surface area contributed by atoms with Crippen molar-refractivity contribution in [3.63, 3.8) is 0 Å². The minimum Gasteiger partial charge on any atom is -0.493 e. The van der Waals surface area contributed by atoms with Gasteiger partial charge in [0, 0.05) is 4.47 Å². The van der Waals surface area contributed by atoms with Crippen LogP contribution in [0.25, 0.3) is 0 Å². The van der Waals surface area contributed by atoms with Crippen LogP contribution < -0.4 is 10.2 Å². The van der Waals surface area contributed by atoms with Gasteiger partial charge >= 0.3 is 0 Å². The van der Waals surface area contributed by atoms with Gasteiger partial charge in [-0.3, -0.25) is 0 Å². The molecule has 2 radical (unpaired) electrons. The van der Waals surface area contributed by atoms with Crippen molar-refractivity contribution in [1.29, 1.82) is 0 Å². The lowest BCUT2D eigenvalue weighted by molar-refractivity contribution is 0.271. The summed E-state index contributed by atoms with van der Waals surface area (Å²) in [6.45, 7) is 4.94. The summed E-state index contributed by atoms with van der Waals surface area (Å²) in [5, 5.41) is 0. The zero-order valence-electron chi connectivity index (χ0n) is 8.88. The van der Waals surface area contributed by atoms with E-state index in [-0.39, 0.29) is 11.0 Å². The van der Waals surface area contributed by atoms with Crippen molar-refractivity contribution < 1.29 is 15.7 Å². The van der Waals surface area contributed by atoms with E-state index in [1.165, 1.54) is 0 Å². The summed E-state index contributed by atoms with van der Waals surface area (Å²) in [5.74, 6) is 1.35. The Morgan fingerprint density at radius 1 is 1.27 bits per heavy atom. The average molecular weight is 275 g/mol. The van der Waals surface area contributed by atoms with E-state index in [9.17, 15) is 0 Å². The van der Waals surface area contributed by atoms with Crippen LogP contribution in [0.3, 0.4) is 0 Å². The molecule has 0 aromatic heterocycles. The van der Waals surface area contributed by atoms with Crippen LogP contribution >= 0.6 is 15.9 Å². The number of hydrogen-bond donors (Lipinski definition) is 0. The Bertz CT molecular complexity index is 272. The molecule has 0 aliphatic rings. The molecular formula is C10H16BBrO3. The molecule has 0 bridgehead atoms. The van der Waals surface area contributed by atoms with Crippen LogP contribution in [0.4, 0.5) is 0 Å². The molecular weight excluding hydrogens is 259 g/mol. The highest BCUT2D eigenvalue weighted by atomic mass is 79.9. The van der Waals surface area contributed by atoms with Crippen LogP contribution in [0.1, 0.15) is 13.8 Å². The molecule has 5 heteroatoms. The summed E-state index contributed by atoms with van der Waals surface area (Å²) in [5.41, 5.74) is 0.716. The van der Waals surface area contributed by atoms with Crippen LogP contribution in [-0.2, 0) is 0 Å². The second-order valence-corrected chi connectivity index (χ2v) is 4.34. The van der Waals surface area contributed by atoms with Crippen molar-refractivity contribution in [2.75, 3.05) is 6.61 Å². The smallest absolute Gasteiger partial charge is 0.119 e. The Hall–Kier alpha value is -0.515. The molecule has 0 saturated carbocycles. The largest absolute Gasteiger partial charge is 0.493 e. The highest BCUT2D eigenvalue weighted by Gasteiger charge is 1.98. The third kappa shape index (κ3) is 6.55. The first-order valence-corrected chi connectivity index (χ1v) is 5.06. The number of ether oxygens (including phenoxy) is 1. The lowest BCUT2D eigenvalue weighted by atomic mass is 9.96. The number of rotatable bonds is 3. The zero-order chi connectivity index (χ0) is 9.84. The third-order valence-corrected chi connectivity index (χ3v) is 1.93. The van der Waals surface area contributed by atoms with Gasteiger partial charge in [0.1, 0.15) is 13.6 Å². The van der Waals surface area contributed by atoms with Crippen LogP contribution in [0, 0.1) is 5.92 Å². The molecule has 0 unspecified atom stereocenters. The third-order valence-electron chi connectivity index (χ3n) is 1.48. The molecule has 0 fully saturated rings. The predicted molar refractivity (Wildman–Crippen MR) is 67.1 cm³/mol. The van der Waals surface area contributed by atoms with Crippen LogP contribution in [0.5, 0.6) is 5.75 Å². The molecule has 0 atom stereocenters. The maximum Gasteiger partial charge on any atom is 0.119 e. The highest BCUT2D eigenvalue weighted by Crippen LogP contribution is 2.16. The molecule has 1 rings (SSSR count). The van der Waals surface area contributed by atoms with Crippen LogP contribution in [-0.4, -0.2) is 25.4 Å². The van der Waals surface area contributed by atoms with Crippen molar-refractivity contribution >= 4 is 29.2 Å². The van der Waals surface area contributed by atoms with Gasteiger partial charge in [-0.2, -0.15) is 0 Å². The standard InChI is InChI=1S/C10H12BBrO.2H2O/c1-7(2)6-13-10-4-8(11)3-9(12)5-10;;/h3-5,7H,6H2,1-2H3;2*1H2. The van der Waals surface area contributed by atoms with E-state index >= 15 is 0 Å². The van der Waals surface area contributed by atoms with Crippen LogP contribution in [0.15, 0.2) is 22.7 Å². The first-order chi connectivity index (χ1) is 6.08. The molecule has 0 heterocycles. The summed E-state index contributed by atoms with van der Waals surface area (Å²) >= 11 is 3.36. The van der Waals surface area contributed by atoms with Crippen LogP contribution in [0.2, 0.25) is 0 Å². The molecule has 0 aliphatic heterocycles. The van der Waals surface area contributed by atoms with E-state index in [0.29, 0.717) is 11.4 Å². The van der Waals surface area contributed by atoms with Crippen molar-refractivity contribution in [2.24, 2.45) is 5.92 Å². The molecule has 1 aromatic carbocycles. The van der Waals surface area contributed by atoms with Gasteiger partial charge in [-0.15, -0.1) is 0 Å². The van der Waals surface area contributed by atoms with Gasteiger partial charge in [0.15, 0.2) is 0 Å². The Kier molecular flexibility index (Phi) is 8.71. The average Bonchev–Trinajstić information content (AvgIpc) is 1.99. The fraction of sp³-hybridized carbons (Fsp3) is 0.400. The normalized spacial score (nSPS) is 9.07. The van der Waals surface area contributed by atoms with E-state index in [1.54, 1.807) is 0 Å². The van der Waals surface area contributed by atoms with E-state index in [2.05, 4.69) is 29.8 Å². The van der Waals surface area contributed by atoms with Crippen molar-refractivity contribution in [2.45, 2.75) is 13.8 Å². The van der Waals surface area contributed by atoms with Crippen molar-refractivity contribution in [1.82, 2.24) is 0 Å². The molecule has 0 saturated heterocycles. The summed E-state index contributed by atoms with van der Waals surface area (Å²) in [7, 11) is 5.66. The number of hydrogen-bond acceptors (Lipinski definition) is 1. The lowest BCUT2D eigenvalue weighted by Gasteiger charge is -2.09. The molecule has 3 nitrogen and oxygen atoms in total. The summed E-state index contributed by atoms with van der Waals surface area (Å²) in [4.78, 5) is 0.